The molecule has 2 aromatic heterocycles. The molecule has 0 saturated carbocycles. The fourth-order valence-electron chi connectivity index (χ4n) is 2.74. The van der Waals surface area contributed by atoms with Crippen molar-refractivity contribution in [2.24, 2.45) is 0 Å². The summed E-state index contributed by atoms with van der Waals surface area (Å²) in [6.45, 7) is -0.540. The first-order chi connectivity index (χ1) is 11.1. The van der Waals surface area contributed by atoms with E-state index < -0.39 is 18.4 Å². The van der Waals surface area contributed by atoms with E-state index in [-0.39, 0.29) is 11.4 Å². The second-order valence-corrected chi connectivity index (χ2v) is 5.34. The predicted octanol–water partition coefficient (Wildman–Crippen LogP) is 1.21. The highest BCUT2D eigenvalue weighted by Crippen LogP contribution is 2.32. The third-order valence-corrected chi connectivity index (χ3v) is 3.78. The van der Waals surface area contributed by atoms with E-state index in [1.807, 2.05) is 0 Å². The summed E-state index contributed by atoms with van der Waals surface area (Å²) in [5.74, 6) is -2.14. The van der Waals surface area contributed by atoms with Crippen LogP contribution in [0.2, 0.25) is 0 Å². The van der Waals surface area contributed by atoms with Crippen LogP contribution >= 0.6 is 0 Å². The second-order valence-electron chi connectivity index (χ2n) is 5.34. The van der Waals surface area contributed by atoms with Crippen molar-refractivity contribution in [2.75, 3.05) is 6.54 Å². The summed E-state index contributed by atoms with van der Waals surface area (Å²) in [6, 6.07) is 1.50. The van der Waals surface area contributed by atoms with E-state index in [4.69, 9.17) is 5.11 Å². The zero-order chi connectivity index (χ0) is 16.4. The van der Waals surface area contributed by atoms with E-state index in [1.165, 1.54) is 16.9 Å². The Balaban J connectivity index is 2.06. The number of pyridine rings is 1. The van der Waals surface area contributed by atoms with Crippen LogP contribution in [0.5, 0.6) is 5.75 Å². The number of allylic oxidation sites excluding steroid dienone is 2. The van der Waals surface area contributed by atoms with Crippen LogP contribution in [0.15, 0.2) is 18.5 Å². The minimum atomic E-state index is -1.17. The summed E-state index contributed by atoms with van der Waals surface area (Å²) in [6.07, 6.45) is 7.46. The zero-order valence-corrected chi connectivity index (χ0v) is 12.3. The van der Waals surface area contributed by atoms with E-state index in [2.05, 4.69) is 21.5 Å². The number of aromatic hydroxyl groups is 1. The number of nitrogens with one attached hydrogen (secondary N) is 1. The van der Waals surface area contributed by atoms with Crippen LogP contribution in [0.4, 0.5) is 0 Å². The summed E-state index contributed by atoms with van der Waals surface area (Å²) in [5, 5.41) is 25.1. The van der Waals surface area contributed by atoms with Gasteiger partial charge < -0.3 is 15.5 Å². The minimum Gasteiger partial charge on any atom is -0.505 e. The first kappa shape index (κ1) is 15.0. The summed E-state index contributed by atoms with van der Waals surface area (Å²) < 4.78 is 1.25. The van der Waals surface area contributed by atoms with Gasteiger partial charge in [-0.15, -0.1) is 0 Å². The number of hydrogen-bond donors (Lipinski definition) is 3. The van der Waals surface area contributed by atoms with Gasteiger partial charge in [-0.3, -0.25) is 9.59 Å². The number of aromatic nitrogens is 3. The van der Waals surface area contributed by atoms with E-state index in [9.17, 15) is 14.7 Å². The molecule has 2 heterocycles. The van der Waals surface area contributed by atoms with Crippen molar-refractivity contribution in [1.82, 2.24) is 19.9 Å². The Morgan fingerprint density at radius 2 is 2.17 bits per heavy atom. The monoisotopic (exact) mass is 316 g/mol. The van der Waals surface area contributed by atoms with Gasteiger partial charge in [0.1, 0.15) is 18.6 Å². The second kappa shape index (κ2) is 6.07. The maximum absolute atomic E-state index is 12.1. The van der Waals surface area contributed by atoms with Crippen molar-refractivity contribution >= 4 is 23.1 Å². The Kier molecular flexibility index (Phi) is 3.96. The van der Waals surface area contributed by atoms with E-state index >= 15 is 0 Å². The molecule has 3 rings (SSSR count). The molecule has 1 amide bonds. The highest BCUT2D eigenvalue weighted by Gasteiger charge is 2.22. The van der Waals surface area contributed by atoms with Gasteiger partial charge in [0, 0.05) is 5.56 Å². The molecule has 0 fully saturated rings. The largest absolute Gasteiger partial charge is 0.505 e. The van der Waals surface area contributed by atoms with Gasteiger partial charge in [-0.05, 0) is 37.3 Å². The molecule has 1 aliphatic rings. The molecule has 0 bridgehead atoms. The normalized spacial score (nSPS) is 14.5. The van der Waals surface area contributed by atoms with E-state index in [0.29, 0.717) is 5.65 Å². The quantitative estimate of drug-likeness (QED) is 0.780. The number of carbonyl (C=O) groups excluding carboxylic acids is 1. The van der Waals surface area contributed by atoms with Crippen molar-refractivity contribution in [1.29, 1.82) is 0 Å². The summed E-state index contributed by atoms with van der Waals surface area (Å²) in [4.78, 5) is 26.9. The molecular formula is C15H16N4O4. The van der Waals surface area contributed by atoms with Crippen molar-refractivity contribution in [2.45, 2.75) is 25.7 Å². The molecule has 23 heavy (non-hydrogen) atoms. The van der Waals surface area contributed by atoms with Gasteiger partial charge in [0.05, 0.1) is 0 Å². The molecule has 0 atom stereocenters. The van der Waals surface area contributed by atoms with Crippen LogP contribution in [-0.2, 0) is 4.79 Å². The van der Waals surface area contributed by atoms with E-state index in [0.717, 1.165) is 36.8 Å². The molecule has 1 aliphatic carbocycles. The van der Waals surface area contributed by atoms with Gasteiger partial charge in [0.25, 0.3) is 5.91 Å². The molecule has 8 nitrogen and oxygen atoms in total. The lowest BCUT2D eigenvalue weighted by Crippen LogP contribution is -2.31. The molecule has 120 valence electrons. The van der Waals surface area contributed by atoms with E-state index in [1.54, 1.807) is 0 Å². The maximum atomic E-state index is 12.1. The summed E-state index contributed by atoms with van der Waals surface area (Å²) in [5.41, 5.74) is 2.16. The number of carbonyl (C=O) groups is 2. The molecule has 0 aromatic carbocycles. The number of carboxylic acid groups (broad SMARTS) is 1. The van der Waals surface area contributed by atoms with Crippen molar-refractivity contribution in [3.63, 3.8) is 0 Å². The van der Waals surface area contributed by atoms with Gasteiger partial charge in [-0.1, -0.05) is 6.08 Å². The summed E-state index contributed by atoms with van der Waals surface area (Å²) in [7, 11) is 0. The average molecular weight is 316 g/mol. The maximum Gasteiger partial charge on any atom is 0.322 e. The Bertz CT molecular complexity index is 809. The Morgan fingerprint density at radius 3 is 2.87 bits per heavy atom. The van der Waals surface area contributed by atoms with Gasteiger partial charge in [-0.2, -0.15) is 5.10 Å². The van der Waals surface area contributed by atoms with Crippen molar-refractivity contribution in [3.05, 3.63) is 29.7 Å². The van der Waals surface area contributed by atoms with Gasteiger partial charge in [0.2, 0.25) is 0 Å². The van der Waals surface area contributed by atoms with Gasteiger partial charge >= 0.3 is 5.97 Å². The number of fused-ring (bicyclic) bond motifs is 1. The third-order valence-electron chi connectivity index (χ3n) is 3.78. The smallest absolute Gasteiger partial charge is 0.322 e. The lowest BCUT2D eigenvalue weighted by molar-refractivity contribution is -0.135. The van der Waals surface area contributed by atoms with Crippen LogP contribution in [0.3, 0.4) is 0 Å². The van der Waals surface area contributed by atoms with Crippen molar-refractivity contribution < 1.29 is 19.8 Å². The molecule has 8 heteroatoms. The highest BCUT2D eigenvalue weighted by atomic mass is 16.4. The number of rotatable bonds is 4. The predicted molar refractivity (Wildman–Crippen MR) is 81.1 cm³/mol. The standard InChI is InChI=1S/C15H16N4O4/c20-11-6-10(9-4-2-1-3-5-9)14-17-8-18-19(14)13(11)15(23)16-7-12(21)22/h4,6,8,20H,1-3,5,7H2,(H,16,23)(H,21,22). The Morgan fingerprint density at radius 1 is 1.35 bits per heavy atom. The first-order valence-corrected chi connectivity index (χ1v) is 7.33. The lowest BCUT2D eigenvalue weighted by atomic mass is 9.94. The fraction of sp³-hybridized carbons (Fsp3) is 0.333. The third kappa shape index (κ3) is 2.87. The SMILES string of the molecule is O=C(O)CNC(=O)c1c(O)cc(C2=CCCCC2)c2ncnn12. The Labute approximate surface area is 131 Å². The van der Waals surface area contributed by atoms with Crippen molar-refractivity contribution in [3.8, 4) is 5.75 Å². The molecule has 0 saturated heterocycles. The van der Waals surface area contributed by atoms with Gasteiger partial charge in [0.15, 0.2) is 11.3 Å². The van der Waals surface area contributed by atoms with Crippen LogP contribution < -0.4 is 5.32 Å². The number of aliphatic carboxylic acids is 1. The fourth-order valence-corrected chi connectivity index (χ4v) is 2.74. The minimum absolute atomic E-state index is 0.126. The molecule has 0 unspecified atom stereocenters. The first-order valence-electron chi connectivity index (χ1n) is 7.33. The zero-order valence-electron chi connectivity index (χ0n) is 12.3. The molecular weight excluding hydrogens is 300 g/mol. The topological polar surface area (TPSA) is 117 Å². The van der Waals surface area contributed by atoms with Crippen LogP contribution in [0, 0.1) is 0 Å². The molecule has 3 N–H and O–H groups in total. The highest BCUT2D eigenvalue weighted by molar-refractivity contribution is 5.98. The molecule has 0 radical (unpaired) electrons. The molecule has 0 aliphatic heterocycles. The number of hydrogen-bond acceptors (Lipinski definition) is 5. The lowest BCUT2D eigenvalue weighted by Gasteiger charge is -2.15. The Hall–Kier alpha value is -2.90. The molecule has 2 aromatic rings. The summed E-state index contributed by atoms with van der Waals surface area (Å²) >= 11 is 0. The van der Waals surface area contributed by atoms with Crippen LogP contribution in [0.25, 0.3) is 11.2 Å². The van der Waals surface area contributed by atoms with Gasteiger partial charge in [-0.25, -0.2) is 9.50 Å². The number of amides is 1. The molecule has 0 spiro atoms. The van der Waals surface area contributed by atoms with Crippen LogP contribution in [-0.4, -0.2) is 43.2 Å². The number of nitrogens with zero attached hydrogens (tertiary/aromatic N) is 3. The van der Waals surface area contributed by atoms with Crippen LogP contribution in [0.1, 0.15) is 41.7 Å². The number of carboxylic acids is 1. The average Bonchev–Trinajstić information content (AvgIpc) is 3.01.